The number of fused-ring (bicyclic) bond motifs is 1. The first-order valence-corrected chi connectivity index (χ1v) is 6.89. The highest BCUT2D eigenvalue weighted by molar-refractivity contribution is 9.10. The normalized spacial score (nSPS) is 13.8. The number of hydrogen-bond donors (Lipinski definition) is 1. The van der Waals surface area contributed by atoms with Gasteiger partial charge in [-0.15, -0.1) is 0 Å². The van der Waals surface area contributed by atoms with Crippen molar-refractivity contribution in [3.8, 4) is 11.5 Å². The molecule has 0 aliphatic carbocycles. The van der Waals surface area contributed by atoms with Crippen LogP contribution in [-0.4, -0.2) is 19.8 Å². The van der Waals surface area contributed by atoms with Gasteiger partial charge in [-0.3, -0.25) is 0 Å². The van der Waals surface area contributed by atoms with Crippen molar-refractivity contribution in [1.29, 1.82) is 0 Å². The molecular weight excluding hydrogens is 282 g/mol. The molecule has 0 saturated carbocycles. The number of halogens is 1. The molecule has 17 heavy (non-hydrogen) atoms. The first-order valence-electron chi connectivity index (χ1n) is 6.10. The van der Waals surface area contributed by atoms with Crippen LogP contribution in [0.25, 0.3) is 0 Å². The molecule has 1 aliphatic heterocycles. The maximum absolute atomic E-state index is 5.59. The fraction of sp³-hybridized carbons (Fsp3) is 0.538. The van der Waals surface area contributed by atoms with Crippen molar-refractivity contribution in [3.05, 3.63) is 22.2 Å². The van der Waals surface area contributed by atoms with Crippen molar-refractivity contribution in [2.24, 2.45) is 0 Å². The molecule has 0 unspecified atom stereocenters. The minimum absolute atomic E-state index is 0.625. The van der Waals surface area contributed by atoms with Gasteiger partial charge in [-0.1, -0.05) is 13.3 Å². The van der Waals surface area contributed by atoms with Gasteiger partial charge >= 0.3 is 0 Å². The summed E-state index contributed by atoms with van der Waals surface area (Å²) < 4.78 is 12.1. The fourth-order valence-corrected chi connectivity index (χ4v) is 2.40. The Hall–Kier alpha value is -0.740. The fourth-order valence-electron chi connectivity index (χ4n) is 1.80. The Morgan fingerprint density at radius 3 is 2.94 bits per heavy atom. The summed E-state index contributed by atoms with van der Waals surface area (Å²) in [7, 11) is 0. The van der Waals surface area contributed by atoms with Crippen molar-refractivity contribution in [2.45, 2.75) is 26.3 Å². The van der Waals surface area contributed by atoms with Crippen molar-refractivity contribution in [2.75, 3.05) is 19.8 Å². The summed E-state index contributed by atoms with van der Waals surface area (Å²) in [6.07, 6.45) is 2.43. The van der Waals surface area contributed by atoms with Gasteiger partial charge in [0.2, 0.25) is 0 Å². The molecule has 0 fully saturated rings. The third-order valence-corrected chi connectivity index (χ3v) is 3.28. The van der Waals surface area contributed by atoms with Gasteiger partial charge in [0.1, 0.15) is 13.2 Å². The molecule has 4 heteroatoms. The SMILES string of the molecule is CCCCNCc1cc(Br)c2c(c1)OCCO2. The summed E-state index contributed by atoms with van der Waals surface area (Å²) in [5.41, 5.74) is 1.22. The maximum atomic E-state index is 5.59. The molecule has 0 spiro atoms. The Kier molecular flexibility index (Phi) is 4.68. The van der Waals surface area contributed by atoms with Crippen LogP contribution in [0.1, 0.15) is 25.3 Å². The number of unbranched alkanes of at least 4 members (excludes halogenated alkanes) is 1. The smallest absolute Gasteiger partial charge is 0.175 e. The molecule has 3 nitrogen and oxygen atoms in total. The van der Waals surface area contributed by atoms with Crippen molar-refractivity contribution in [3.63, 3.8) is 0 Å². The van der Waals surface area contributed by atoms with E-state index in [1.807, 2.05) is 0 Å². The lowest BCUT2D eigenvalue weighted by Crippen LogP contribution is -2.17. The quantitative estimate of drug-likeness (QED) is 0.848. The van der Waals surface area contributed by atoms with E-state index in [2.05, 4.69) is 40.3 Å². The number of benzene rings is 1. The first kappa shape index (κ1) is 12.7. The van der Waals surface area contributed by atoms with E-state index in [9.17, 15) is 0 Å². The third-order valence-electron chi connectivity index (χ3n) is 2.69. The predicted octanol–water partition coefficient (Wildman–Crippen LogP) is 3.11. The van der Waals surface area contributed by atoms with E-state index >= 15 is 0 Å². The van der Waals surface area contributed by atoms with Gasteiger partial charge in [0.25, 0.3) is 0 Å². The van der Waals surface area contributed by atoms with E-state index in [0.717, 1.165) is 29.1 Å². The number of rotatable bonds is 5. The molecular formula is C13H18BrNO2. The topological polar surface area (TPSA) is 30.5 Å². The van der Waals surface area contributed by atoms with Crippen LogP contribution in [0.5, 0.6) is 11.5 Å². The second-order valence-corrected chi connectivity index (χ2v) is 4.99. The molecule has 1 heterocycles. The van der Waals surface area contributed by atoms with Crippen LogP contribution in [0.3, 0.4) is 0 Å². The minimum atomic E-state index is 0.625. The highest BCUT2D eigenvalue weighted by Gasteiger charge is 2.15. The zero-order chi connectivity index (χ0) is 12.1. The summed E-state index contributed by atoms with van der Waals surface area (Å²) >= 11 is 3.52. The Morgan fingerprint density at radius 1 is 1.29 bits per heavy atom. The molecule has 0 aromatic heterocycles. The minimum Gasteiger partial charge on any atom is -0.486 e. The highest BCUT2D eigenvalue weighted by atomic mass is 79.9. The molecule has 0 radical (unpaired) electrons. The van der Waals surface area contributed by atoms with Gasteiger partial charge in [0.15, 0.2) is 11.5 Å². The van der Waals surface area contributed by atoms with E-state index in [-0.39, 0.29) is 0 Å². The van der Waals surface area contributed by atoms with E-state index in [0.29, 0.717) is 13.2 Å². The van der Waals surface area contributed by atoms with Crippen LogP contribution in [0.4, 0.5) is 0 Å². The zero-order valence-electron chi connectivity index (χ0n) is 10.1. The Morgan fingerprint density at radius 2 is 2.12 bits per heavy atom. The number of hydrogen-bond acceptors (Lipinski definition) is 3. The Labute approximate surface area is 111 Å². The molecule has 1 aromatic carbocycles. The molecule has 2 rings (SSSR count). The van der Waals surface area contributed by atoms with Gasteiger partial charge in [0.05, 0.1) is 4.47 Å². The predicted molar refractivity (Wildman–Crippen MR) is 71.7 cm³/mol. The first-order chi connectivity index (χ1) is 8.31. The van der Waals surface area contributed by atoms with E-state index in [1.54, 1.807) is 0 Å². The Bertz CT molecular complexity index is 382. The lowest BCUT2D eigenvalue weighted by molar-refractivity contribution is 0.170. The standard InChI is InChI=1S/C13H18BrNO2/c1-2-3-4-15-9-10-7-11(14)13-12(8-10)16-5-6-17-13/h7-8,15H,2-6,9H2,1H3. The van der Waals surface area contributed by atoms with Gasteiger partial charge in [-0.05, 0) is 46.6 Å². The molecule has 0 amide bonds. The van der Waals surface area contributed by atoms with Crippen LogP contribution in [0.2, 0.25) is 0 Å². The monoisotopic (exact) mass is 299 g/mol. The zero-order valence-corrected chi connectivity index (χ0v) is 11.7. The summed E-state index contributed by atoms with van der Waals surface area (Å²) in [5, 5.41) is 3.42. The molecule has 94 valence electrons. The highest BCUT2D eigenvalue weighted by Crippen LogP contribution is 2.38. The average molecular weight is 300 g/mol. The van der Waals surface area contributed by atoms with Gasteiger partial charge < -0.3 is 14.8 Å². The molecule has 0 saturated heterocycles. The largest absolute Gasteiger partial charge is 0.486 e. The summed E-state index contributed by atoms with van der Waals surface area (Å²) in [4.78, 5) is 0. The molecule has 1 aromatic rings. The third kappa shape index (κ3) is 3.36. The van der Waals surface area contributed by atoms with Crippen LogP contribution in [0.15, 0.2) is 16.6 Å². The molecule has 0 bridgehead atoms. The van der Waals surface area contributed by atoms with Crippen molar-refractivity contribution < 1.29 is 9.47 Å². The number of nitrogens with one attached hydrogen (secondary N) is 1. The van der Waals surface area contributed by atoms with Crippen LogP contribution >= 0.6 is 15.9 Å². The van der Waals surface area contributed by atoms with Crippen molar-refractivity contribution in [1.82, 2.24) is 5.32 Å². The van der Waals surface area contributed by atoms with Crippen molar-refractivity contribution >= 4 is 15.9 Å². The van der Waals surface area contributed by atoms with Crippen LogP contribution in [0, 0.1) is 0 Å². The lowest BCUT2D eigenvalue weighted by atomic mass is 10.2. The average Bonchev–Trinajstić information content (AvgIpc) is 2.35. The second kappa shape index (κ2) is 6.26. The molecule has 0 atom stereocenters. The van der Waals surface area contributed by atoms with Crippen LogP contribution in [-0.2, 0) is 6.54 Å². The summed E-state index contributed by atoms with van der Waals surface area (Å²) in [6, 6.07) is 4.14. The van der Waals surface area contributed by atoms with E-state index < -0.39 is 0 Å². The maximum Gasteiger partial charge on any atom is 0.175 e. The lowest BCUT2D eigenvalue weighted by Gasteiger charge is -2.20. The van der Waals surface area contributed by atoms with Gasteiger partial charge in [-0.25, -0.2) is 0 Å². The van der Waals surface area contributed by atoms with E-state index in [4.69, 9.17) is 9.47 Å². The van der Waals surface area contributed by atoms with Crippen LogP contribution < -0.4 is 14.8 Å². The van der Waals surface area contributed by atoms with Gasteiger partial charge in [-0.2, -0.15) is 0 Å². The van der Waals surface area contributed by atoms with Gasteiger partial charge in [0, 0.05) is 6.54 Å². The molecule has 1 aliphatic rings. The number of ether oxygens (including phenoxy) is 2. The van der Waals surface area contributed by atoms with E-state index in [1.165, 1.54) is 18.4 Å². The molecule has 1 N–H and O–H groups in total. The Balaban J connectivity index is 2.01. The summed E-state index contributed by atoms with van der Waals surface area (Å²) in [5.74, 6) is 1.67. The second-order valence-electron chi connectivity index (χ2n) is 4.13. The summed E-state index contributed by atoms with van der Waals surface area (Å²) in [6.45, 7) is 5.38.